The third-order valence-corrected chi connectivity index (χ3v) is 3.16. The molecule has 1 aromatic rings. The maximum Gasteiger partial charge on any atom is 0.286 e. The molecule has 96 valence electrons. The monoisotopic (exact) mass is 272 g/mol. The average Bonchev–Trinajstić information content (AvgIpc) is 2.70. The van der Waals surface area contributed by atoms with Gasteiger partial charge in [0.15, 0.2) is 5.17 Å². The molecular weight excluding hydrogens is 260 g/mol. The highest BCUT2D eigenvalue weighted by atomic mass is 32.2. The number of aliphatic imine (C=N–C) groups is 1. The molecule has 0 unspecified atom stereocenters. The van der Waals surface area contributed by atoms with Gasteiger partial charge in [-0.15, -0.1) is 0 Å². The molecule has 1 aromatic carbocycles. The van der Waals surface area contributed by atoms with Crippen molar-refractivity contribution in [3.05, 3.63) is 53.0 Å². The maximum atomic E-state index is 11.5. The van der Waals surface area contributed by atoms with Crippen LogP contribution in [0.5, 0.6) is 0 Å². The second kappa shape index (κ2) is 6.15. The smallest absolute Gasteiger partial charge is 0.286 e. The highest BCUT2D eigenvalue weighted by molar-refractivity contribution is 8.18. The zero-order chi connectivity index (χ0) is 13.7. The topological polar surface area (TPSA) is 58.5 Å². The van der Waals surface area contributed by atoms with Gasteiger partial charge in [-0.25, -0.2) is 0 Å². The predicted octanol–water partition coefficient (Wildman–Crippen LogP) is 2.35. The second-order valence-electron chi connectivity index (χ2n) is 3.81. The van der Waals surface area contributed by atoms with E-state index in [-0.39, 0.29) is 11.8 Å². The van der Waals surface area contributed by atoms with Gasteiger partial charge in [0.1, 0.15) is 0 Å². The molecule has 1 aliphatic rings. The summed E-state index contributed by atoms with van der Waals surface area (Å²) < 4.78 is 0. The van der Waals surface area contributed by atoms with E-state index in [2.05, 4.69) is 10.3 Å². The minimum Gasteiger partial charge on any atom is -0.305 e. The Morgan fingerprint density at radius 2 is 2.05 bits per heavy atom. The molecule has 19 heavy (non-hydrogen) atoms. The Bertz CT molecular complexity index is 589. The molecule has 0 saturated heterocycles. The molecular formula is C14H12N2O2S. The molecule has 0 bridgehead atoms. The molecule has 5 heteroatoms. The van der Waals surface area contributed by atoms with E-state index in [1.54, 1.807) is 12.2 Å². The van der Waals surface area contributed by atoms with E-state index in [1.807, 2.05) is 36.4 Å². The van der Waals surface area contributed by atoms with Gasteiger partial charge in [0, 0.05) is 6.92 Å². The lowest BCUT2D eigenvalue weighted by Gasteiger charge is -1.96. The van der Waals surface area contributed by atoms with Crippen LogP contribution in [0, 0.1) is 0 Å². The molecule has 0 radical (unpaired) electrons. The predicted molar refractivity (Wildman–Crippen MR) is 77.4 cm³/mol. The molecule has 1 heterocycles. The number of thioether (sulfide) groups is 1. The van der Waals surface area contributed by atoms with Crippen molar-refractivity contribution in [3.8, 4) is 0 Å². The molecule has 0 aromatic heterocycles. The maximum absolute atomic E-state index is 11.5. The first-order chi connectivity index (χ1) is 9.15. The van der Waals surface area contributed by atoms with Crippen LogP contribution in [0.1, 0.15) is 12.5 Å². The van der Waals surface area contributed by atoms with E-state index in [0.717, 1.165) is 17.3 Å². The van der Waals surface area contributed by atoms with Gasteiger partial charge in [-0.3, -0.25) is 9.59 Å². The molecule has 2 amide bonds. The third-order valence-electron chi connectivity index (χ3n) is 2.24. The van der Waals surface area contributed by atoms with Crippen LogP contribution < -0.4 is 5.32 Å². The van der Waals surface area contributed by atoms with Gasteiger partial charge in [0.05, 0.1) is 4.91 Å². The minimum atomic E-state index is -0.327. The van der Waals surface area contributed by atoms with Crippen LogP contribution in [0.4, 0.5) is 0 Å². The zero-order valence-corrected chi connectivity index (χ0v) is 11.1. The number of allylic oxidation sites excluding steroid dienone is 2. The molecule has 0 fully saturated rings. The largest absolute Gasteiger partial charge is 0.305 e. The van der Waals surface area contributed by atoms with Crippen LogP contribution in [-0.4, -0.2) is 17.0 Å². The summed E-state index contributed by atoms with van der Waals surface area (Å²) >= 11 is 1.16. The van der Waals surface area contributed by atoms with Crippen LogP contribution in [0.3, 0.4) is 0 Å². The fourth-order valence-electron chi connectivity index (χ4n) is 1.44. The highest BCUT2D eigenvalue weighted by Crippen LogP contribution is 2.25. The fraction of sp³-hybridized carbons (Fsp3) is 0.0714. The quantitative estimate of drug-likeness (QED) is 0.841. The number of nitrogens with zero attached hydrogens (tertiary/aromatic N) is 1. The summed E-state index contributed by atoms with van der Waals surface area (Å²) in [6.07, 6.45) is 5.39. The van der Waals surface area contributed by atoms with Gasteiger partial charge in [-0.05, 0) is 23.4 Å². The highest BCUT2D eigenvalue weighted by Gasteiger charge is 2.21. The van der Waals surface area contributed by atoms with Crippen LogP contribution in [0.15, 0.2) is 52.4 Å². The number of nitrogens with one attached hydrogen (secondary N) is 1. The Morgan fingerprint density at radius 1 is 1.32 bits per heavy atom. The van der Waals surface area contributed by atoms with Crippen LogP contribution in [0.2, 0.25) is 0 Å². The van der Waals surface area contributed by atoms with E-state index >= 15 is 0 Å². The lowest BCUT2D eigenvalue weighted by molar-refractivity contribution is -0.117. The lowest BCUT2D eigenvalue weighted by Crippen LogP contribution is -2.23. The first-order valence-electron chi connectivity index (χ1n) is 5.67. The Kier molecular flexibility index (Phi) is 4.30. The van der Waals surface area contributed by atoms with Crippen molar-refractivity contribution in [2.75, 3.05) is 0 Å². The van der Waals surface area contributed by atoms with E-state index in [0.29, 0.717) is 10.1 Å². The van der Waals surface area contributed by atoms with Gasteiger partial charge in [0.2, 0.25) is 5.91 Å². The molecule has 0 saturated carbocycles. The number of amides is 2. The van der Waals surface area contributed by atoms with E-state index in [4.69, 9.17) is 0 Å². The van der Waals surface area contributed by atoms with Crippen molar-refractivity contribution in [3.63, 3.8) is 0 Å². The van der Waals surface area contributed by atoms with Crippen molar-refractivity contribution >= 4 is 34.8 Å². The number of benzene rings is 1. The third kappa shape index (κ3) is 3.93. The summed E-state index contributed by atoms with van der Waals surface area (Å²) in [6.45, 7) is 1.38. The molecule has 0 atom stereocenters. The summed E-state index contributed by atoms with van der Waals surface area (Å²) in [6, 6.07) is 9.77. The van der Waals surface area contributed by atoms with Crippen molar-refractivity contribution in [1.29, 1.82) is 0 Å². The van der Waals surface area contributed by atoms with Gasteiger partial charge >= 0.3 is 0 Å². The Morgan fingerprint density at radius 3 is 2.74 bits per heavy atom. The zero-order valence-electron chi connectivity index (χ0n) is 10.3. The number of rotatable bonds is 2. The van der Waals surface area contributed by atoms with Crippen molar-refractivity contribution < 1.29 is 9.59 Å². The molecule has 1 aliphatic heterocycles. The number of carbonyl (C=O) groups is 2. The van der Waals surface area contributed by atoms with Crippen LogP contribution in [-0.2, 0) is 9.59 Å². The van der Waals surface area contributed by atoms with Gasteiger partial charge in [-0.1, -0.05) is 42.5 Å². The summed E-state index contributed by atoms with van der Waals surface area (Å²) in [5, 5.41) is 2.83. The van der Waals surface area contributed by atoms with E-state index in [9.17, 15) is 9.59 Å². The molecule has 2 rings (SSSR count). The minimum absolute atomic E-state index is 0.236. The molecule has 0 spiro atoms. The van der Waals surface area contributed by atoms with Crippen LogP contribution in [0.25, 0.3) is 6.08 Å². The number of hydrogen-bond donors (Lipinski definition) is 1. The van der Waals surface area contributed by atoms with Gasteiger partial charge in [0.25, 0.3) is 5.91 Å². The van der Waals surface area contributed by atoms with Crippen LogP contribution >= 0.6 is 11.8 Å². The first-order valence-corrected chi connectivity index (χ1v) is 6.48. The summed E-state index contributed by atoms with van der Waals surface area (Å²) in [7, 11) is 0. The standard InChI is InChI=1S/C14H12N2O2S/c1-10(17)15-14-16-13(18)12(19-14)9-5-8-11-6-3-2-4-7-11/h2-9H,1H3,(H,15,16,17,18)/b8-5-,12-9-. The number of carbonyl (C=O) groups excluding carboxylic acids is 2. The summed E-state index contributed by atoms with van der Waals surface area (Å²) in [4.78, 5) is 26.6. The Hall–Kier alpha value is -2.14. The molecule has 1 N–H and O–H groups in total. The van der Waals surface area contributed by atoms with Gasteiger partial charge in [-0.2, -0.15) is 4.99 Å². The summed E-state index contributed by atoms with van der Waals surface area (Å²) in [5.74, 6) is -0.563. The second-order valence-corrected chi connectivity index (χ2v) is 4.84. The number of hydrogen-bond acceptors (Lipinski definition) is 3. The Balaban J connectivity index is 2.01. The lowest BCUT2D eigenvalue weighted by atomic mass is 10.2. The van der Waals surface area contributed by atoms with E-state index in [1.165, 1.54) is 6.92 Å². The Labute approximate surface area is 115 Å². The normalized spacial score (nSPS) is 17.0. The average molecular weight is 272 g/mol. The first kappa shape index (κ1) is 13.3. The fourth-order valence-corrected chi connectivity index (χ4v) is 2.25. The van der Waals surface area contributed by atoms with Crippen molar-refractivity contribution in [1.82, 2.24) is 5.32 Å². The number of amidine groups is 1. The van der Waals surface area contributed by atoms with Crippen molar-refractivity contribution in [2.45, 2.75) is 6.92 Å². The summed E-state index contributed by atoms with van der Waals surface area (Å²) in [5.41, 5.74) is 1.05. The van der Waals surface area contributed by atoms with Crippen molar-refractivity contribution in [2.24, 2.45) is 4.99 Å². The molecule has 0 aliphatic carbocycles. The van der Waals surface area contributed by atoms with Gasteiger partial charge < -0.3 is 5.32 Å². The van der Waals surface area contributed by atoms with E-state index < -0.39 is 0 Å². The SMILES string of the molecule is CC(=O)NC1=NC(=O)/C(=C/C=C\c2ccccc2)S1. The molecule has 4 nitrogen and oxygen atoms in total.